The second-order valence-corrected chi connectivity index (χ2v) is 4.85. The first-order valence-corrected chi connectivity index (χ1v) is 5.54. The maximum atomic E-state index is 11.5. The van der Waals surface area contributed by atoms with E-state index in [-0.39, 0.29) is 18.3 Å². The Hall–Kier alpha value is -0.770. The standard InChI is InChI=1S/C12H17ClN2O.ClH/c1-8(14)11(16)15-12(2,3)9-4-6-10(13)7-5-9;/h4-8H,14H2,1-3H3,(H,15,16);1H/t8-;/m0./s1. The number of benzene rings is 1. The third kappa shape index (κ3) is 4.54. The van der Waals surface area contributed by atoms with Crippen LogP contribution in [0.25, 0.3) is 0 Å². The molecule has 0 aliphatic heterocycles. The van der Waals surface area contributed by atoms with Gasteiger partial charge in [-0.1, -0.05) is 23.7 Å². The second-order valence-electron chi connectivity index (χ2n) is 4.41. The first-order chi connectivity index (χ1) is 7.33. The average Bonchev–Trinajstić information content (AvgIpc) is 2.17. The lowest BCUT2D eigenvalue weighted by atomic mass is 9.94. The van der Waals surface area contributed by atoms with Crippen molar-refractivity contribution in [2.75, 3.05) is 0 Å². The molecule has 0 spiro atoms. The molecule has 1 amide bonds. The molecule has 0 aliphatic rings. The van der Waals surface area contributed by atoms with Gasteiger partial charge in [-0.3, -0.25) is 4.79 Å². The number of hydrogen-bond acceptors (Lipinski definition) is 2. The van der Waals surface area contributed by atoms with Crippen molar-refractivity contribution in [2.45, 2.75) is 32.4 Å². The molecule has 17 heavy (non-hydrogen) atoms. The first-order valence-electron chi connectivity index (χ1n) is 5.16. The first kappa shape index (κ1) is 16.2. The summed E-state index contributed by atoms with van der Waals surface area (Å²) in [6, 6.07) is 6.88. The predicted octanol–water partition coefficient (Wildman–Crippen LogP) is 2.46. The SMILES string of the molecule is C[C@H](N)C(=O)NC(C)(C)c1ccc(Cl)cc1.Cl. The van der Waals surface area contributed by atoms with Crippen LogP contribution in [-0.4, -0.2) is 11.9 Å². The number of carbonyl (C=O) groups excluding carboxylic acids is 1. The highest BCUT2D eigenvalue weighted by Gasteiger charge is 2.23. The molecule has 0 saturated carbocycles. The molecule has 3 N–H and O–H groups in total. The van der Waals surface area contributed by atoms with Gasteiger partial charge >= 0.3 is 0 Å². The van der Waals surface area contributed by atoms with Crippen LogP contribution in [0.3, 0.4) is 0 Å². The van der Waals surface area contributed by atoms with E-state index in [1.54, 1.807) is 19.1 Å². The number of carbonyl (C=O) groups is 1. The number of amides is 1. The topological polar surface area (TPSA) is 55.1 Å². The highest BCUT2D eigenvalue weighted by atomic mass is 35.5. The predicted molar refractivity (Wildman–Crippen MR) is 73.5 cm³/mol. The van der Waals surface area contributed by atoms with Crippen molar-refractivity contribution in [1.82, 2.24) is 5.32 Å². The number of rotatable bonds is 3. The van der Waals surface area contributed by atoms with Gasteiger partial charge in [0.05, 0.1) is 11.6 Å². The van der Waals surface area contributed by atoms with Crippen molar-refractivity contribution in [2.24, 2.45) is 5.73 Å². The van der Waals surface area contributed by atoms with Gasteiger partial charge in [0.2, 0.25) is 5.91 Å². The highest BCUT2D eigenvalue weighted by Crippen LogP contribution is 2.21. The van der Waals surface area contributed by atoms with E-state index in [0.29, 0.717) is 5.02 Å². The summed E-state index contributed by atoms with van der Waals surface area (Å²) in [5.41, 5.74) is 6.05. The largest absolute Gasteiger partial charge is 0.346 e. The fourth-order valence-electron chi connectivity index (χ4n) is 1.36. The Morgan fingerprint density at radius 1 is 1.35 bits per heavy atom. The van der Waals surface area contributed by atoms with Crippen LogP contribution in [0.1, 0.15) is 26.3 Å². The minimum Gasteiger partial charge on any atom is -0.346 e. The van der Waals surface area contributed by atoms with Gasteiger partial charge in [-0.15, -0.1) is 12.4 Å². The quantitative estimate of drug-likeness (QED) is 0.891. The zero-order valence-corrected chi connectivity index (χ0v) is 11.7. The summed E-state index contributed by atoms with van der Waals surface area (Å²) in [6.07, 6.45) is 0. The summed E-state index contributed by atoms with van der Waals surface area (Å²) < 4.78 is 0. The van der Waals surface area contributed by atoms with Gasteiger partial charge in [0, 0.05) is 5.02 Å². The van der Waals surface area contributed by atoms with E-state index in [1.165, 1.54) is 0 Å². The minimum absolute atomic E-state index is 0. The van der Waals surface area contributed by atoms with Crippen LogP contribution in [0.15, 0.2) is 24.3 Å². The Balaban J connectivity index is 0.00000256. The van der Waals surface area contributed by atoms with Gasteiger partial charge < -0.3 is 11.1 Å². The summed E-state index contributed by atoms with van der Waals surface area (Å²) in [6.45, 7) is 5.51. The molecular formula is C12H18Cl2N2O. The molecule has 0 unspecified atom stereocenters. The van der Waals surface area contributed by atoms with Crippen molar-refractivity contribution < 1.29 is 4.79 Å². The summed E-state index contributed by atoms with van der Waals surface area (Å²) >= 11 is 5.81. The molecule has 1 rings (SSSR count). The molecule has 3 nitrogen and oxygen atoms in total. The van der Waals surface area contributed by atoms with E-state index in [0.717, 1.165) is 5.56 Å². The molecule has 0 heterocycles. The lowest BCUT2D eigenvalue weighted by Crippen LogP contribution is -2.47. The lowest BCUT2D eigenvalue weighted by Gasteiger charge is -2.27. The van der Waals surface area contributed by atoms with Crippen LogP contribution in [-0.2, 0) is 10.3 Å². The Morgan fingerprint density at radius 3 is 2.24 bits per heavy atom. The summed E-state index contributed by atoms with van der Waals surface area (Å²) in [5.74, 6) is -0.167. The normalized spacial score (nSPS) is 12.5. The maximum absolute atomic E-state index is 11.5. The van der Waals surface area contributed by atoms with E-state index in [2.05, 4.69) is 5.32 Å². The molecule has 0 saturated heterocycles. The molecule has 96 valence electrons. The van der Waals surface area contributed by atoms with Crippen LogP contribution >= 0.6 is 24.0 Å². The van der Waals surface area contributed by atoms with Crippen molar-refractivity contribution in [3.63, 3.8) is 0 Å². The fourth-order valence-corrected chi connectivity index (χ4v) is 1.49. The van der Waals surface area contributed by atoms with E-state index >= 15 is 0 Å². The van der Waals surface area contributed by atoms with Crippen molar-refractivity contribution in [3.05, 3.63) is 34.9 Å². The minimum atomic E-state index is -0.508. The van der Waals surface area contributed by atoms with Gasteiger partial charge in [0.1, 0.15) is 0 Å². The van der Waals surface area contributed by atoms with Crippen LogP contribution in [0.4, 0.5) is 0 Å². The third-order valence-electron chi connectivity index (χ3n) is 2.42. The van der Waals surface area contributed by atoms with Crippen LogP contribution in [0.2, 0.25) is 5.02 Å². The highest BCUT2D eigenvalue weighted by molar-refractivity contribution is 6.30. The van der Waals surface area contributed by atoms with Gasteiger partial charge in [-0.05, 0) is 38.5 Å². The van der Waals surface area contributed by atoms with Crippen molar-refractivity contribution in [1.29, 1.82) is 0 Å². The van der Waals surface area contributed by atoms with Crippen LogP contribution < -0.4 is 11.1 Å². The van der Waals surface area contributed by atoms with E-state index in [4.69, 9.17) is 17.3 Å². The van der Waals surface area contributed by atoms with E-state index in [1.807, 2.05) is 26.0 Å². The zero-order valence-electron chi connectivity index (χ0n) is 10.2. The van der Waals surface area contributed by atoms with Crippen molar-refractivity contribution >= 4 is 29.9 Å². The molecule has 0 aliphatic carbocycles. The summed E-state index contributed by atoms with van der Waals surface area (Å²) in [7, 11) is 0. The smallest absolute Gasteiger partial charge is 0.237 e. The average molecular weight is 277 g/mol. The van der Waals surface area contributed by atoms with E-state index < -0.39 is 11.6 Å². The monoisotopic (exact) mass is 276 g/mol. The molecule has 1 aromatic carbocycles. The Morgan fingerprint density at radius 2 is 1.82 bits per heavy atom. The molecule has 5 heteroatoms. The molecule has 0 aromatic heterocycles. The Kier molecular flexibility index (Phi) is 5.96. The Labute approximate surface area is 113 Å². The summed E-state index contributed by atoms with van der Waals surface area (Å²) in [4.78, 5) is 11.5. The lowest BCUT2D eigenvalue weighted by molar-refractivity contribution is -0.123. The number of hydrogen-bond donors (Lipinski definition) is 2. The number of nitrogens with two attached hydrogens (primary N) is 1. The Bertz CT molecular complexity index is 375. The third-order valence-corrected chi connectivity index (χ3v) is 2.67. The van der Waals surface area contributed by atoms with E-state index in [9.17, 15) is 4.79 Å². The molecule has 0 bridgehead atoms. The second kappa shape index (κ2) is 6.24. The van der Waals surface area contributed by atoms with Gasteiger partial charge in [-0.25, -0.2) is 0 Å². The zero-order chi connectivity index (χ0) is 12.3. The molecule has 1 aromatic rings. The van der Waals surface area contributed by atoms with Crippen LogP contribution in [0.5, 0.6) is 0 Å². The fraction of sp³-hybridized carbons (Fsp3) is 0.417. The summed E-state index contributed by atoms with van der Waals surface area (Å²) in [5, 5.41) is 3.56. The molecule has 1 atom stereocenters. The molecule has 0 radical (unpaired) electrons. The maximum Gasteiger partial charge on any atom is 0.237 e. The van der Waals surface area contributed by atoms with Gasteiger partial charge in [0.25, 0.3) is 0 Å². The number of nitrogens with one attached hydrogen (secondary N) is 1. The number of halogens is 2. The van der Waals surface area contributed by atoms with Crippen LogP contribution in [0, 0.1) is 0 Å². The van der Waals surface area contributed by atoms with Crippen molar-refractivity contribution in [3.8, 4) is 0 Å². The van der Waals surface area contributed by atoms with Gasteiger partial charge in [-0.2, -0.15) is 0 Å². The molecule has 0 fully saturated rings. The van der Waals surface area contributed by atoms with Gasteiger partial charge in [0.15, 0.2) is 0 Å². The molecular weight excluding hydrogens is 259 g/mol.